The van der Waals surface area contributed by atoms with E-state index >= 15 is 0 Å². The number of aliphatic hydroxyl groups is 1. The Hall–Kier alpha value is -3.24. The molecular weight excluding hydrogens is 1280 g/mol. The molecule has 0 fully saturated rings. The summed E-state index contributed by atoms with van der Waals surface area (Å²) in [4.78, 5) is 72.9. The summed E-state index contributed by atoms with van der Waals surface area (Å²) in [5, 5.41) is 10.6. The topological polar surface area (TPSA) is 237 Å². The molecule has 0 radical (unpaired) electrons. The number of carbonyl (C=O) groups excluding carboxylic acids is 4. The van der Waals surface area contributed by atoms with E-state index in [-0.39, 0.29) is 25.7 Å². The van der Waals surface area contributed by atoms with Crippen molar-refractivity contribution in [3.8, 4) is 0 Å². The molecule has 0 spiro atoms. The Balaban J connectivity index is 5.35. The van der Waals surface area contributed by atoms with Crippen LogP contribution in [0.25, 0.3) is 0 Å². The summed E-state index contributed by atoms with van der Waals surface area (Å²) in [6, 6.07) is 0. The van der Waals surface area contributed by atoms with Crippen LogP contribution >= 0.6 is 15.6 Å². The van der Waals surface area contributed by atoms with Gasteiger partial charge in [-0.1, -0.05) is 294 Å². The van der Waals surface area contributed by atoms with E-state index in [4.69, 9.17) is 37.0 Å². The van der Waals surface area contributed by atoms with Gasteiger partial charge in [0, 0.05) is 25.7 Å². The van der Waals surface area contributed by atoms with Gasteiger partial charge in [-0.05, 0) is 103 Å². The summed E-state index contributed by atoms with van der Waals surface area (Å²) in [6.07, 6.45) is 70.5. The lowest BCUT2D eigenvalue weighted by Gasteiger charge is -2.21. The molecular formula is C79H144O17P2. The maximum Gasteiger partial charge on any atom is 0.472 e. The number of ether oxygens (including phenoxy) is 4. The van der Waals surface area contributed by atoms with Crippen LogP contribution in [0.4, 0.5) is 0 Å². The molecule has 0 aliphatic rings. The van der Waals surface area contributed by atoms with Crippen molar-refractivity contribution >= 4 is 39.5 Å². The van der Waals surface area contributed by atoms with Crippen molar-refractivity contribution in [2.24, 2.45) is 0 Å². The normalized spacial score (nSPS) is 14.2. The number of hydrogen-bond acceptors (Lipinski definition) is 15. The van der Waals surface area contributed by atoms with Gasteiger partial charge >= 0.3 is 39.5 Å². The molecule has 0 amide bonds. The van der Waals surface area contributed by atoms with Crippen LogP contribution in [-0.2, 0) is 65.4 Å². The molecule has 572 valence electrons. The van der Waals surface area contributed by atoms with Crippen LogP contribution in [-0.4, -0.2) is 96.7 Å². The highest BCUT2D eigenvalue weighted by Crippen LogP contribution is 2.45. The smallest absolute Gasteiger partial charge is 0.462 e. The first-order chi connectivity index (χ1) is 47.7. The van der Waals surface area contributed by atoms with Crippen LogP contribution in [0.1, 0.15) is 362 Å². The minimum atomic E-state index is -4.98. The average Bonchev–Trinajstić information content (AvgIpc) is 1.04. The van der Waals surface area contributed by atoms with Gasteiger partial charge in [0.2, 0.25) is 0 Å². The summed E-state index contributed by atoms with van der Waals surface area (Å²) in [5.74, 6) is -2.19. The highest BCUT2D eigenvalue weighted by atomic mass is 31.2. The Labute approximate surface area is 597 Å². The fourth-order valence-corrected chi connectivity index (χ4v) is 12.5. The maximum absolute atomic E-state index is 13.1. The number of esters is 4. The van der Waals surface area contributed by atoms with Crippen molar-refractivity contribution in [3.63, 3.8) is 0 Å². The van der Waals surface area contributed by atoms with Crippen LogP contribution in [0.3, 0.4) is 0 Å². The lowest BCUT2D eigenvalue weighted by atomic mass is 10.0. The second-order valence-corrected chi connectivity index (χ2v) is 29.6. The van der Waals surface area contributed by atoms with Crippen LogP contribution in [0.2, 0.25) is 0 Å². The largest absolute Gasteiger partial charge is 0.472 e. The standard InChI is InChI=1S/C79H144O17P2/c1-5-9-13-17-21-25-29-33-36-40-43-47-51-55-59-63-76(81)89-69-74(95-78(83)65-61-57-53-49-45-39-32-28-24-20-16-12-8-4)71-93-97(85,86)91-67-73(80)68-92-98(87,88)94-72-75(96-79(84)66-62-58-54-50-46-42-38-35-31-27-23-19-15-11-7-3)70-90-77(82)64-60-56-52-48-44-41-37-34-30-26-22-18-14-10-6-2/h26-27,30-31,33-38,73-75,80H,5-25,28-29,32,39-72H2,1-4H3,(H,85,86)(H,87,88)/b30-26-,31-27-,36-33-,37-34-,38-35-/t73-,74-,75-/m1/s1. The fraction of sp³-hybridized carbons (Fsp3) is 0.823. The zero-order chi connectivity index (χ0) is 71.8. The number of phosphoric acid groups is 2. The highest BCUT2D eigenvalue weighted by molar-refractivity contribution is 7.47. The maximum atomic E-state index is 13.1. The molecule has 0 aromatic carbocycles. The Morgan fingerprint density at radius 2 is 0.500 bits per heavy atom. The van der Waals surface area contributed by atoms with Crippen LogP contribution in [0, 0.1) is 0 Å². The fourth-order valence-electron chi connectivity index (χ4n) is 10.9. The molecule has 0 rings (SSSR count). The lowest BCUT2D eigenvalue weighted by Crippen LogP contribution is -2.30. The minimum absolute atomic E-state index is 0.0774. The van der Waals surface area contributed by atoms with E-state index in [1.165, 1.54) is 141 Å². The van der Waals surface area contributed by atoms with Gasteiger partial charge in [-0.2, -0.15) is 0 Å². The molecule has 19 heteroatoms. The van der Waals surface area contributed by atoms with E-state index in [9.17, 15) is 43.2 Å². The minimum Gasteiger partial charge on any atom is -0.462 e. The summed E-state index contributed by atoms with van der Waals surface area (Å²) in [6.45, 7) is 4.85. The molecule has 0 heterocycles. The number of rotatable bonds is 75. The second kappa shape index (κ2) is 72.1. The van der Waals surface area contributed by atoms with Gasteiger partial charge in [0.1, 0.15) is 19.3 Å². The Morgan fingerprint density at radius 3 is 0.776 bits per heavy atom. The van der Waals surface area contributed by atoms with E-state index in [0.29, 0.717) is 25.7 Å². The average molecular weight is 1430 g/mol. The molecule has 3 N–H and O–H groups in total. The molecule has 2 unspecified atom stereocenters. The van der Waals surface area contributed by atoms with Crippen LogP contribution in [0.15, 0.2) is 60.8 Å². The van der Waals surface area contributed by atoms with Crippen molar-refractivity contribution in [2.75, 3.05) is 39.6 Å². The molecule has 0 saturated carbocycles. The third kappa shape index (κ3) is 71.2. The Bertz CT molecular complexity index is 2100. The van der Waals surface area contributed by atoms with Crippen molar-refractivity contribution in [1.82, 2.24) is 0 Å². The summed E-state index contributed by atoms with van der Waals surface area (Å²) < 4.78 is 68.5. The molecule has 0 aliphatic heterocycles. The number of carbonyl (C=O) groups is 4. The van der Waals surface area contributed by atoms with Crippen molar-refractivity contribution in [2.45, 2.75) is 380 Å². The Morgan fingerprint density at radius 1 is 0.286 bits per heavy atom. The quantitative estimate of drug-likeness (QED) is 0.0128. The predicted octanol–water partition coefficient (Wildman–Crippen LogP) is 22.7. The van der Waals surface area contributed by atoms with Gasteiger partial charge in [0.25, 0.3) is 0 Å². The van der Waals surface area contributed by atoms with Crippen molar-refractivity contribution < 1.29 is 80.2 Å². The summed E-state index contributed by atoms with van der Waals surface area (Å²) >= 11 is 0. The number of allylic oxidation sites excluding steroid dienone is 10. The zero-order valence-electron chi connectivity index (χ0n) is 62.5. The molecule has 0 aromatic heterocycles. The van der Waals surface area contributed by atoms with E-state index < -0.39 is 97.5 Å². The van der Waals surface area contributed by atoms with Crippen LogP contribution in [0.5, 0.6) is 0 Å². The molecule has 98 heavy (non-hydrogen) atoms. The van der Waals surface area contributed by atoms with Gasteiger partial charge in [-0.25, -0.2) is 9.13 Å². The van der Waals surface area contributed by atoms with Gasteiger partial charge in [-0.15, -0.1) is 0 Å². The van der Waals surface area contributed by atoms with Gasteiger partial charge in [-0.3, -0.25) is 37.3 Å². The van der Waals surface area contributed by atoms with E-state index in [0.717, 1.165) is 141 Å². The van der Waals surface area contributed by atoms with Gasteiger partial charge < -0.3 is 33.8 Å². The highest BCUT2D eigenvalue weighted by Gasteiger charge is 2.30. The van der Waals surface area contributed by atoms with Crippen LogP contribution < -0.4 is 0 Å². The molecule has 5 atom stereocenters. The lowest BCUT2D eigenvalue weighted by molar-refractivity contribution is -0.161. The number of phosphoric ester groups is 2. The second-order valence-electron chi connectivity index (χ2n) is 26.7. The number of aliphatic hydroxyl groups excluding tert-OH is 1. The van der Waals surface area contributed by atoms with E-state index in [1.807, 2.05) is 0 Å². The first kappa shape index (κ1) is 94.8. The zero-order valence-corrected chi connectivity index (χ0v) is 64.3. The molecule has 0 bridgehead atoms. The number of unbranched alkanes of at least 4 members (excludes halogenated alkanes) is 41. The first-order valence-electron chi connectivity index (χ1n) is 39.6. The third-order valence-corrected chi connectivity index (χ3v) is 18.9. The molecule has 0 saturated heterocycles. The molecule has 0 aliphatic carbocycles. The van der Waals surface area contributed by atoms with Crippen molar-refractivity contribution in [1.29, 1.82) is 0 Å². The monoisotopic (exact) mass is 1430 g/mol. The third-order valence-electron chi connectivity index (χ3n) is 17.0. The molecule has 17 nitrogen and oxygen atoms in total. The van der Waals surface area contributed by atoms with Gasteiger partial charge in [0.15, 0.2) is 12.2 Å². The summed E-state index contributed by atoms with van der Waals surface area (Å²) in [7, 11) is -9.95. The first-order valence-corrected chi connectivity index (χ1v) is 42.6. The SMILES string of the molecule is CCCCCC/C=C\C=C/CCCCCCCC(=O)OC[C@H](COP(=O)(O)OC[C@H](O)COP(=O)(O)OC[C@@H](COC(=O)CCCCCCC/C=C\CCCCCCCC)OC(=O)CCCCCCCCCCCCCCC)OC(=O)CCCCCCC/C=C\C=C/CCCCCC. The Kier molecular flexibility index (Phi) is 69.7. The number of hydrogen-bond donors (Lipinski definition) is 3. The van der Waals surface area contributed by atoms with Crippen molar-refractivity contribution in [3.05, 3.63) is 60.8 Å². The predicted molar refractivity (Wildman–Crippen MR) is 400 cm³/mol. The van der Waals surface area contributed by atoms with E-state index in [2.05, 4.69) is 88.5 Å². The van der Waals surface area contributed by atoms with Gasteiger partial charge in [0.05, 0.1) is 26.4 Å². The summed E-state index contributed by atoms with van der Waals surface area (Å²) in [5.41, 5.74) is 0. The van der Waals surface area contributed by atoms with E-state index in [1.54, 1.807) is 0 Å². The molecule has 0 aromatic rings.